The van der Waals surface area contributed by atoms with Gasteiger partial charge in [0.15, 0.2) is 0 Å². The van der Waals surface area contributed by atoms with Crippen LogP contribution in [0.2, 0.25) is 0 Å². The molecule has 0 aliphatic heterocycles. The van der Waals surface area contributed by atoms with Gasteiger partial charge in [0.1, 0.15) is 0 Å². The molecule has 0 saturated heterocycles. The number of anilines is 3. The highest BCUT2D eigenvalue weighted by atomic mass is 15.1. The molecule has 0 bridgehead atoms. The van der Waals surface area contributed by atoms with Gasteiger partial charge >= 0.3 is 0 Å². The summed E-state index contributed by atoms with van der Waals surface area (Å²) >= 11 is 0. The number of rotatable bonds is 6. The molecule has 0 atom stereocenters. The number of fused-ring (bicyclic) bond motifs is 10. The summed E-state index contributed by atoms with van der Waals surface area (Å²) in [6.07, 6.45) is 0. The largest absolute Gasteiger partial charge is 0.310 e. The maximum Gasteiger partial charge on any atom is 0.0473 e. The molecule has 1 heteroatoms. The molecule has 3 aliphatic carbocycles. The van der Waals surface area contributed by atoms with Gasteiger partial charge in [-0.05, 0) is 172 Å². The van der Waals surface area contributed by atoms with E-state index in [9.17, 15) is 0 Å². The van der Waals surface area contributed by atoms with Crippen LogP contribution in [-0.4, -0.2) is 0 Å². The molecule has 0 heterocycles. The van der Waals surface area contributed by atoms with E-state index in [1.165, 1.54) is 111 Å². The van der Waals surface area contributed by atoms with Gasteiger partial charge in [-0.15, -0.1) is 0 Å². The highest BCUT2D eigenvalue weighted by molar-refractivity contribution is 5.95. The van der Waals surface area contributed by atoms with Crippen molar-refractivity contribution in [3.8, 4) is 66.8 Å². The van der Waals surface area contributed by atoms with Crippen LogP contribution in [0.15, 0.2) is 212 Å². The Morgan fingerprint density at radius 3 is 1.24 bits per heavy atom. The summed E-state index contributed by atoms with van der Waals surface area (Å²) in [6.45, 7) is 14.3. The van der Waals surface area contributed by atoms with E-state index in [2.05, 4.69) is 259 Å². The number of hydrogen-bond acceptors (Lipinski definition) is 1. The van der Waals surface area contributed by atoms with Gasteiger partial charge in [0.05, 0.1) is 0 Å². The molecule has 10 aromatic carbocycles. The average Bonchev–Trinajstić information content (AvgIpc) is 3.84. The van der Waals surface area contributed by atoms with Crippen molar-refractivity contribution in [3.05, 3.63) is 246 Å². The second-order valence-corrected chi connectivity index (χ2v) is 21.0. The molecule has 0 N–H and O–H groups in total. The van der Waals surface area contributed by atoms with Crippen molar-refractivity contribution in [1.82, 2.24) is 0 Å². The Morgan fingerprint density at radius 2 is 0.632 bits per heavy atom. The van der Waals surface area contributed by atoms with Crippen LogP contribution in [0, 0.1) is 0 Å². The van der Waals surface area contributed by atoms with Crippen molar-refractivity contribution in [2.45, 2.75) is 57.8 Å². The van der Waals surface area contributed by atoms with Crippen LogP contribution in [0.4, 0.5) is 17.1 Å². The fourth-order valence-electron chi connectivity index (χ4n) is 12.3. The third-order valence-electron chi connectivity index (χ3n) is 16.0. The zero-order valence-electron chi connectivity index (χ0n) is 39.7. The number of nitrogens with zero attached hydrogens (tertiary/aromatic N) is 1. The van der Waals surface area contributed by atoms with Crippen LogP contribution < -0.4 is 4.90 Å². The summed E-state index contributed by atoms with van der Waals surface area (Å²) < 4.78 is 0. The van der Waals surface area contributed by atoms with Gasteiger partial charge in [-0.25, -0.2) is 0 Å². The minimum absolute atomic E-state index is 0.149. The van der Waals surface area contributed by atoms with Crippen LogP contribution >= 0.6 is 0 Å². The van der Waals surface area contributed by atoms with E-state index in [4.69, 9.17) is 0 Å². The smallest absolute Gasteiger partial charge is 0.0473 e. The van der Waals surface area contributed by atoms with Crippen molar-refractivity contribution in [2.24, 2.45) is 0 Å². The zero-order chi connectivity index (χ0) is 46.1. The summed E-state index contributed by atoms with van der Waals surface area (Å²) in [7, 11) is 0. The standard InChI is InChI=1S/C67H53N/c1-65(2)59-22-14-12-20-53(59)55-32-29-50(40-63(55)65)68(51-30-33-56-54-21-13-15-23-60(54)66(3,4)64(56)41-51)52-35-48(44-26-24-43(25-27-44)42-16-8-7-9-17-42)34-49(36-52)47-28-31-57-58-37-45-18-10-11-19-46(45)38-62(58)67(5,6)61(57)39-47/h7-41H,1-6H3. The molecule has 1 nitrogen and oxygen atoms in total. The van der Waals surface area contributed by atoms with E-state index in [1.807, 2.05) is 0 Å². The Bertz CT molecular complexity index is 3590. The Balaban J connectivity index is 1.03. The first kappa shape index (κ1) is 40.5. The van der Waals surface area contributed by atoms with Gasteiger partial charge < -0.3 is 4.90 Å². The third-order valence-corrected chi connectivity index (χ3v) is 16.0. The maximum atomic E-state index is 2.53. The minimum Gasteiger partial charge on any atom is -0.310 e. The molecular formula is C67H53N. The van der Waals surface area contributed by atoms with Crippen LogP contribution in [-0.2, 0) is 16.2 Å². The Hall–Kier alpha value is -7.74. The Labute approximate surface area is 401 Å². The lowest BCUT2D eigenvalue weighted by molar-refractivity contribution is 0.660. The molecule has 0 radical (unpaired) electrons. The molecular weight excluding hydrogens is 819 g/mol. The minimum atomic E-state index is -0.159. The summed E-state index contributed by atoms with van der Waals surface area (Å²) in [4.78, 5) is 2.53. The average molecular weight is 872 g/mol. The molecule has 3 aliphatic rings. The van der Waals surface area contributed by atoms with E-state index in [0.29, 0.717) is 0 Å². The highest BCUT2D eigenvalue weighted by Gasteiger charge is 2.39. The molecule has 0 saturated carbocycles. The maximum absolute atomic E-state index is 2.53. The van der Waals surface area contributed by atoms with Crippen LogP contribution in [0.5, 0.6) is 0 Å². The highest BCUT2D eigenvalue weighted by Crippen LogP contribution is 2.55. The first-order chi connectivity index (χ1) is 32.9. The third kappa shape index (κ3) is 6.01. The van der Waals surface area contributed by atoms with Gasteiger partial charge in [0.25, 0.3) is 0 Å². The van der Waals surface area contributed by atoms with E-state index in [0.717, 1.165) is 17.1 Å². The van der Waals surface area contributed by atoms with E-state index in [1.54, 1.807) is 0 Å². The summed E-state index contributed by atoms with van der Waals surface area (Å²) in [5.74, 6) is 0. The van der Waals surface area contributed by atoms with Crippen molar-refractivity contribution in [2.75, 3.05) is 4.90 Å². The second kappa shape index (κ2) is 14.6. The number of benzene rings is 10. The van der Waals surface area contributed by atoms with Gasteiger partial charge in [-0.3, -0.25) is 0 Å². The fourth-order valence-corrected chi connectivity index (χ4v) is 12.3. The second-order valence-electron chi connectivity index (χ2n) is 21.0. The van der Waals surface area contributed by atoms with Gasteiger partial charge in [-0.1, -0.05) is 193 Å². The van der Waals surface area contributed by atoms with E-state index in [-0.39, 0.29) is 16.2 Å². The predicted octanol–water partition coefficient (Wildman–Crippen LogP) is 18.2. The first-order valence-electron chi connectivity index (χ1n) is 24.2. The molecule has 0 unspecified atom stereocenters. The predicted molar refractivity (Wildman–Crippen MR) is 288 cm³/mol. The zero-order valence-corrected chi connectivity index (χ0v) is 39.7. The van der Waals surface area contributed by atoms with Crippen molar-refractivity contribution >= 4 is 27.8 Å². The molecule has 326 valence electrons. The van der Waals surface area contributed by atoms with Crippen LogP contribution in [0.3, 0.4) is 0 Å². The van der Waals surface area contributed by atoms with E-state index < -0.39 is 0 Å². The monoisotopic (exact) mass is 871 g/mol. The lowest BCUT2D eigenvalue weighted by Crippen LogP contribution is -2.18. The summed E-state index contributed by atoms with van der Waals surface area (Å²) in [6, 6.07) is 80.2. The summed E-state index contributed by atoms with van der Waals surface area (Å²) in [5.41, 5.74) is 26.4. The Morgan fingerprint density at radius 1 is 0.235 bits per heavy atom. The molecule has 68 heavy (non-hydrogen) atoms. The summed E-state index contributed by atoms with van der Waals surface area (Å²) in [5, 5.41) is 2.58. The van der Waals surface area contributed by atoms with Gasteiger partial charge in [-0.2, -0.15) is 0 Å². The number of hydrogen-bond donors (Lipinski definition) is 0. The molecule has 13 rings (SSSR count). The molecule has 0 fully saturated rings. The quantitative estimate of drug-likeness (QED) is 0.161. The van der Waals surface area contributed by atoms with Gasteiger partial charge in [0.2, 0.25) is 0 Å². The van der Waals surface area contributed by atoms with Crippen molar-refractivity contribution in [1.29, 1.82) is 0 Å². The molecule has 0 aromatic heterocycles. The van der Waals surface area contributed by atoms with Crippen molar-refractivity contribution in [3.63, 3.8) is 0 Å². The molecule has 0 spiro atoms. The van der Waals surface area contributed by atoms with Crippen molar-refractivity contribution < 1.29 is 0 Å². The van der Waals surface area contributed by atoms with Gasteiger partial charge in [0, 0.05) is 33.3 Å². The molecule has 10 aromatic rings. The van der Waals surface area contributed by atoms with Crippen LogP contribution in [0.25, 0.3) is 77.5 Å². The molecule has 0 amide bonds. The topological polar surface area (TPSA) is 3.24 Å². The van der Waals surface area contributed by atoms with Crippen LogP contribution in [0.1, 0.15) is 74.9 Å². The first-order valence-corrected chi connectivity index (χ1v) is 24.2. The lowest BCUT2D eigenvalue weighted by atomic mass is 9.81. The fraction of sp³-hybridized carbons (Fsp3) is 0.134. The Kier molecular flexibility index (Phi) is 8.72. The SMILES string of the molecule is CC1(C)c2ccccc2-c2ccc(N(c3cc(-c4ccc(-c5ccccc5)cc4)cc(-c4ccc5c(c4)C(C)(C)c4cc6ccccc6cc4-5)c3)c3ccc4c(c3)C(C)(C)c3ccccc3-4)cc21. The normalized spacial score (nSPS) is 15.0. The lowest BCUT2D eigenvalue weighted by Gasteiger charge is -2.30. The van der Waals surface area contributed by atoms with E-state index >= 15 is 0 Å².